The number of rotatable bonds is 3. The van der Waals surface area contributed by atoms with Crippen molar-refractivity contribution < 1.29 is 14.3 Å². The van der Waals surface area contributed by atoms with Crippen LogP contribution in [0.2, 0.25) is 5.02 Å². The van der Waals surface area contributed by atoms with Crippen molar-refractivity contribution in [1.82, 2.24) is 4.90 Å². The molecule has 1 aromatic carbocycles. The van der Waals surface area contributed by atoms with Crippen LogP contribution >= 0.6 is 11.6 Å². The molecule has 22 heavy (non-hydrogen) atoms. The number of hydrogen-bond acceptors (Lipinski definition) is 5. The summed E-state index contributed by atoms with van der Waals surface area (Å²) in [7, 11) is 3.65. The Morgan fingerprint density at radius 3 is 2.55 bits per heavy atom. The maximum Gasteiger partial charge on any atom is 0.342 e. The molecule has 2 fully saturated rings. The number of nitrogens with zero attached hydrogens (tertiary/aromatic N) is 1. The molecule has 2 aliphatic heterocycles. The van der Waals surface area contributed by atoms with Crippen LogP contribution in [0.15, 0.2) is 12.1 Å². The first-order chi connectivity index (χ1) is 10.5. The third-order valence-corrected chi connectivity index (χ3v) is 5.19. The fourth-order valence-electron chi connectivity index (χ4n) is 3.57. The summed E-state index contributed by atoms with van der Waals surface area (Å²) in [5.74, 6) is -0.00416. The number of piperidine rings is 1. The Balaban J connectivity index is 1.74. The van der Waals surface area contributed by atoms with Crippen LogP contribution in [0.1, 0.15) is 36.0 Å². The molecular formula is C16H21ClN2O3. The molecular weight excluding hydrogens is 304 g/mol. The highest BCUT2D eigenvalue weighted by molar-refractivity contribution is 6.33. The van der Waals surface area contributed by atoms with E-state index in [-0.39, 0.29) is 6.10 Å². The lowest BCUT2D eigenvalue weighted by atomic mass is 10.0. The zero-order valence-electron chi connectivity index (χ0n) is 12.8. The van der Waals surface area contributed by atoms with Crippen molar-refractivity contribution in [2.24, 2.45) is 0 Å². The van der Waals surface area contributed by atoms with Gasteiger partial charge < -0.3 is 20.1 Å². The van der Waals surface area contributed by atoms with E-state index in [1.807, 2.05) is 0 Å². The third-order valence-electron chi connectivity index (χ3n) is 4.87. The lowest BCUT2D eigenvalue weighted by molar-refractivity contribution is -0.000681. The Labute approximate surface area is 135 Å². The molecule has 3 rings (SSSR count). The zero-order valence-corrected chi connectivity index (χ0v) is 13.6. The Morgan fingerprint density at radius 1 is 1.32 bits per heavy atom. The molecule has 2 N–H and O–H groups in total. The Bertz CT molecular complexity index is 579. The maximum atomic E-state index is 12.5. The Morgan fingerprint density at radius 2 is 1.95 bits per heavy atom. The van der Waals surface area contributed by atoms with E-state index in [1.54, 1.807) is 6.07 Å². The Kier molecular flexibility index (Phi) is 4.19. The first-order valence-corrected chi connectivity index (χ1v) is 7.93. The van der Waals surface area contributed by atoms with Crippen LogP contribution in [0, 0.1) is 0 Å². The predicted molar refractivity (Wildman–Crippen MR) is 85.4 cm³/mol. The van der Waals surface area contributed by atoms with Crippen LogP contribution in [-0.4, -0.2) is 43.2 Å². The summed E-state index contributed by atoms with van der Waals surface area (Å²) < 4.78 is 10.9. The molecule has 2 saturated heterocycles. The molecule has 0 amide bonds. The van der Waals surface area contributed by atoms with E-state index >= 15 is 0 Å². The zero-order chi connectivity index (χ0) is 15.9. The standard InChI is InChI=1S/C16H21ClN2O3/c1-19-9-3-4-10(19)6-11(5-9)22-16(20)12-7-13(17)14(18)8-15(12)21-2/h7-11H,3-6,18H2,1-2H3. The van der Waals surface area contributed by atoms with Gasteiger partial charge in [-0.2, -0.15) is 0 Å². The molecule has 0 radical (unpaired) electrons. The minimum absolute atomic E-state index is 0.0396. The van der Waals surface area contributed by atoms with Gasteiger partial charge in [-0.3, -0.25) is 0 Å². The lowest BCUT2D eigenvalue weighted by Gasteiger charge is -2.35. The van der Waals surface area contributed by atoms with E-state index in [0.29, 0.717) is 34.1 Å². The number of methoxy groups -OCH3 is 1. The van der Waals surface area contributed by atoms with E-state index in [4.69, 9.17) is 26.8 Å². The highest BCUT2D eigenvalue weighted by atomic mass is 35.5. The lowest BCUT2D eigenvalue weighted by Crippen LogP contribution is -2.43. The maximum absolute atomic E-state index is 12.5. The van der Waals surface area contributed by atoms with Gasteiger partial charge in [0.15, 0.2) is 0 Å². The molecule has 2 unspecified atom stereocenters. The van der Waals surface area contributed by atoms with Crippen molar-refractivity contribution in [3.05, 3.63) is 22.7 Å². The molecule has 2 aliphatic rings. The van der Waals surface area contributed by atoms with Crippen molar-refractivity contribution in [1.29, 1.82) is 0 Å². The van der Waals surface area contributed by atoms with Gasteiger partial charge in [0.05, 0.1) is 17.8 Å². The molecule has 5 nitrogen and oxygen atoms in total. The molecule has 0 spiro atoms. The second-order valence-electron chi connectivity index (χ2n) is 6.12. The van der Waals surface area contributed by atoms with Gasteiger partial charge in [-0.1, -0.05) is 11.6 Å². The smallest absolute Gasteiger partial charge is 0.342 e. The molecule has 0 aromatic heterocycles. The molecule has 1 aromatic rings. The van der Waals surface area contributed by atoms with Gasteiger partial charge >= 0.3 is 5.97 Å². The number of halogens is 1. The molecule has 2 bridgehead atoms. The van der Waals surface area contributed by atoms with Crippen LogP contribution < -0.4 is 10.5 Å². The van der Waals surface area contributed by atoms with Gasteiger partial charge in [-0.05, 0) is 26.0 Å². The number of hydrogen-bond donors (Lipinski definition) is 1. The van der Waals surface area contributed by atoms with Crippen molar-refractivity contribution in [2.45, 2.75) is 43.9 Å². The fraction of sp³-hybridized carbons (Fsp3) is 0.562. The number of carbonyl (C=O) groups excluding carboxylic acids is 1. The van der Waals surface area contributed by atoms with Gasteiger partial charge in [0.25, 0.3) is 0 Å². The summed E-state index contributed by atoms with van der Waals surface area (Å²) in [6.45, 7) is 0. The van der Waals surface area contributed by atoms with Crippen molar-refractivity contribution >= 4 is 23.3 Å². The summed E-state index contributed by atoms with van der Waals surface area (Å²) >= 11 is 6.01. The molecule has 0 saturated carbocycles. The average molecular weight is 325 g/mol. The number of nitrogen functional groups attached to an aromatic ring is 1. The van der Waals surface area contributed by atoms with Crippen molar-refractivity contribution in [2.75, 3.05) is 19.9 Å². The number of fused-ring (bicyclic) bond motifs is 2. The van der Waals surface area contributed by atoms with E-state index < -0.39 is 5.97 Å². The van der Waals surface area contributed by atoms with Crippen LogP contribution in [0.25, 0.3) is 0 Å². The van der Waals surface area contributed by atoms with E-state index in [1.165, 1.54) is 26.0 Å². The minimum Gasteiger partial charge on any atom is -0.496 e. The number of esters is 1. The Hall–Kier alpha value is -1.46. The van der Waals surface area contributed by atoms with Gasteiger partial charge in [0.1, 0.15) is 17.4 Å². The fourth-order valence-corrected chi connectivity index (χ4v) is 3.73. The second-order valence-corrected chi connectivity index (χ2v) is 6.53. The average Bonchev–Trinajstić information content (AvgIpc) is 2.72. The molecule has 6 heteroatoms. The first-order valence-electron chi connectivity index (χ1n) is 7.55. The predicted octanol–water partition coefficient (Wildman–Crippen LogP) is 2.71. The van der Waals surface area contributed by atoms with Crippen molar-refractivity contribution in [3.63, 3.8) is 0 Å². The molecule has 0 aliphatic carbocycles. The summed E-state index contributed by atoms with van der Waals surface area (Å²) in [5.41, 5.74) is 6.45. The summed E-state index contributed by atoms with van der Waals surface area (Å²) in [6, 6.07) is 4.11. The largest absolute Gasteiger partial charge is 0.496 e. The summed E-state index contributed by atoms with van der Waals surface area (Å²) in [4.78, 5) is 14.9. The van der Waals surface area contributed by atoms with Crippen LogP contribution in [-0.2, 0) is 4.74 Å². The number of benzene rings is 1. The SMILES string of the molecule is COc1cc(N)c(Cl)cc1C(=O)OC1CC2CCC(C1)N2C. The quantitative estimate of drug-likeness (QED) is 0.684. The molecule has 120 valence electrons. The van der Waals surface area contributed by atoms with Crippen LogP contribution in [0.5, 0.6) is 5.75 Å². The van der Waals surface area contributed by atoms with E-state index in [9.17, 15) is 4.79 Å². The van der Waals surface area contributed by atoms with E-state index in [2.05, 4.69) is 11.9 Å². The van der Waals surface area contributed by atoms with Crippen molar-refractivity contribution in [3.8, 4) is 5.75 Å². The van der Waals surface area contributed by atoms with Gasteiger partial charge in [0.2, 0.25) is 0 Å². The third kappa shape index (κ3) is 2.75. The summed E-state index contributed by atoms with van der Waals surface area (Å²) in [5, 5.41) is 0.330. The monoisotopic (exact) mass is 324 g/mol. The second kappa shape index (κ2) is 5.97. The molecule has 2 heterocycles. The number of carbonyl (C=O) groups is 1. The van der Waals surface area contributed by atoms with E-state index in [0.717, 1.165) is 12.8 Å². The van der Waals surface area contributed by atoms with Crippen LogP contribution in [0.4, 0.5) is 5.69 Å². The van der Waals surface area contributed by atoms with Gasteiger partial charge in [0, 0.05) is 31.0 Å². The van der Waals surface area contributed by atoms with Crippen LogP contribution in [0.3, 0.4) is 0 Å². The topological polar surface area (TPSA) is 64.8 Å². The first kappa shape index (κ1) is 15.4. The normalized spacial score (nSPS) is 27.7. The minimum atomic E-state index is -0.396. The number of ether oxygens (including phenoxy) is 2. The van der Waals surface area contributed by atoms with Gasteiger partial charge in [-0.25, -0.2) is 4.79 Å². The van der Waals surface area contributed by atoms with Gasteiger partial charge in [-0.15, -0.1) is 0 Å². The molecule has 2 atom stereocenters. The number of anilines is 1. The highest BCUT2D eigenvalue weighted by Crippen LogP contribution is 2.36. The summed E-state index contributed by atoms with van der Waals surface area (Å²) in [6.07, 6.45) is 4.12. The highest BCUT2D eigenvalue weighted by Gasteiger charge is 2.40. The number of nitrogens with two attached hydrogens (primary N) is 1.